The summed E-state index contributed by atoms with van der Waals surface area (Å²) in [5.74, 6) is 1.57. The van der Waals surface area contributed by atoms with Crippen LogP contribution in [0.2, 0.25) is 5.02 Å². The van der Waals surface area contributed by atoms with Crippen LogP contribution in [0.15, 0.2) is 24.4 Å². The van der Waals surface area contributed by atoms with E-state index < -0.39 is 0 Å². The third-order valence-corrected chi connectivity index (χ3v) is 4.55. The maximum atomic E-state index is 9.18. The maximum absolute atomic E-state index is 9.18. The van der Waals surface area contributed by atoms with Crippen LogP contribution >= 0.6 is 11.6 Å². The van der Waals surface area contributed by atoms with Gasteiger partial charge in [0.2, 0.25) is 5.82 Å². The summed E-state index contributed by atoms with van der Waals surface area (Å²) in [5, 5.41) is 26.3. The Labute approximate surface area is 151 Å². The molecule has 2 atom stereocenters. The SMILES string of the molecule is CC1CC(C)CN(c2ccc(NC=C(C#N)c3nn[nH]n3)cc2Cl)C1. The predicted molar refractivity (Wildman–Crippen MR) is 98.0 cm³/mol. The number of aromatic amines is 1. The van der Waals surface area contributed by atoms with Gasteiger partial charge in [0.25, 0.3) is 0 Å². The molecule has 0 bridgehead atoms. The van der Waals surface area contributed by atoms with E-state index in [9.17, 15) is 5.26 Å². The number of nitriles is 1. The average molecular weight is 358 g/mol. The second-order valence-corrected chi connectivity index (χ2v) is 6.97. The van der Waals surface area contributed by atoms with Crippen molar-refractivity contribution in [1.82, 2.24) is 20.6 Å². The molecule has 7 nitrogen and oxygen atoms in total. The zero-order valence-electron chi connectivity index (χ0n) is 14.2. The largest absolute Gasteiger partial charge is 0.370 e. The molecule has 2 heterocycles. The molecule has 1 aromatic heterocycles. The van der Waals surface area contributed by atoms with E-state index in [1.54, 1.807) is 6.20 Å². The van der Waals surface area contributed by atoms with Crippen molar-refractivity contribution in [3.05, 3.63) is 35.2 Å². The van der Waals surface area contributed by atoms with Crippen molar-refractivity contribution in [2.24, 2.45) is 11.8 Å². The van der Waals surface area contributed by atoms with Crippen LogP contribution in [0.5, 0.6) is 0 Å². The molecule has 2 N–H and O–H groups in total. The normalized spacial score (nSPS) is 21.0. The number of H-pyrrole nitrogens is 1. The van der Waals surface area contributed by atoms with Crippen molar-refractivity contribution in [1.29, 1.82) is 5.26 Å². The summed E-state index contributed by atoms with van der Waals surface area (Å²) >= 11 is 6.50. The number of nitrogens with zero attached hydrogens (tertiary/aromatic N) is 5. The van der Waals surface area contributed by atoms with Crippen LogP contribution in [0, 0.1) is 23.2 Å². The van der Waals surface area contributed by atoms with Crippen LogP contribution < -0.4 is 10.2 Å². The number of tetrazole rings is 1. The molecule has 25 heavy (non-hydrogen) atoms. The molecule has 1 aliphatic rings. The molecule has 2 aromatic rings. The molecule has 0 saturated carbocycles. The smallest absolute Gasteiger partial charge is 0.216 e. The van der Waals surface area contributed by atoms with Gasteiger partial charge in [0, 0.05) is 25.0 Å². The molecule has 8 heteroatoms. The molecule has 1 fully saturated rings. The molecule has 3 rings (SSSR count). The van der Waals surface area contributed by atoms with Gasteiger partial charge in [0.15, 0.2) is 0 Å². The Kier molecular flexibility index (Phi) is 5.19. The zero-order valence-corrected chi connectivity index (χ0v) is 15.0. The average Bonchev–Trinajstić information content (AvgIpc) is 3.09. The minimum Gasteiger partial charge on any atom is -0.370 e. The number of allylic oxidation sites excluding steroid dienone is 1. The minimum absolute atomic E-state index is 0.244. The molecule has 0 spiro atoms. The highest BCUT2D eigenvalue weighted by atomic mass is 35.5. The van der Waals surface area contributed by atoms with Crippen molar-refractivity contribution in [2.45, 2.75) is 20.3 Å². The first-order valence-electron chi connectivity index (χ1n) is 8.22. The Morgan fingerprint density at radius 3 is 2.76 bits per heavy atom. The van der Waals surface area contributed by atoms with E-state index in [2.05, 4.69) is 44.7 Å². The fourth-order valence-corrected chi connectivity index (χ4v) is 3.59. The van der Waals surface area contributed by atoms with E-state index in [-0.39, 0.29) is 11.4 Å². The van der Waals surface area contributed by atoms with Crippen molar-refractivity contribution >= 4 is 28.5 Å². The van der Waals surface area contributed by atoms with Crippen LogP contribution in [0.4, 0.5) is 11.4 Å². The molecule has 0 aliphatic carbocycles. The lowest BCUT2D eigenvalue weighted by Gasteiger charge is -2.37. The lowest BCUT2D eigenvalue weighted by atomic mass is 9.91. The highest BCUT2D eigenvalue weighted by molar-refractivity contribution is 6.33. The van der Waals surface area contributed by atoms with Crippen LogP contribution in [0.25, 0.3) is 5.57 Å². The van der Waals surface area contributed by atoms with Gasteiger partial charge in [-0.1, -0.05) is 25.4 Å². The van der Waals surface area contributed by atoms with Crippen LogP contribution in [-0.2, 0) is 0 Å². The second kappa shape index (κ2) is 7.53. The van der Waals surface area contributed by atoms with Gasteiger partial charge in [-0.15, -0.1) is 10.2 Å². The number of rotatable bonds is 4. The summed E-state index contributed by atoms with van der Waals surface area (Å²) in [6, 6.07) is 7.87. The number of nitrogens with one attached hydrogen (secondary N) is 2. The number of aromatic nitrogens is 4. The quantitative estimate of drug-likeness (QED) is 0.815. The van der Waals surface area contributed by atoms with Crippen LogP contribution in [-0.4, -0.2) is 33.7 Å². The number of anilines is 2. The first-order chi connectivity index (χ1) is 12.1. The Morgan fingerprint density at radius 2 is 2.16 bits per heavy atom. The van der Waals surface area contributed by atoms with Gasteiger partial charge in [0.1, 0.15) is 11.6 Å². The molecular weight excluding hydrogens is 338 g/mol. The van der Waals surface area contributed by atoms with E-state index in [4.69, 9.17) is 11.6 Å². The number of piperidine rings is 1. The van der Waals surface area contributed by atoms with Crippen LogP contribution in [0.3, 0.4) is 0 Å². The molecular formula is C17H20ClN7. The summed E-state index contributed by atoms with van der Waals surface area (Å²) in [6.45, 7) is 6.59. The topological polar surface area (TPSA) is 93.5 Å². The maximum Gasteiger partial charge on any atom is 0.216 e. The number of benzene rings is 1. The van der Waals surface area contributed by atoms with Crippen molar-refractivity contribution in [2.75, 3.05) is 23.3 Å². The standard InChI is InChI=1S/C17H20ClN7/c1-11-5-12(2)10-25(9-11)16-4-3-14(6-15(16)18)20-8-13(7-19)17-21-23-24-22-17/h3-4,6,8,11-12,20H,5,9-10H2,1-2H3,(H,21,22,23,24). The highest BCUT2D eigenvalue weighted by Crippen LogP contribution is 2.33. The zero-order chi connectivity index (χ0) is 17.8. The van der Waals surface area contributed by atoms with Crippen LogP contribution in [0.1, 0.15) is 26.1 Å². The van der Waals surface area contributed by atoms with E-state index >= 15 is 0 Å². The second-order valence-electron chi connectivity index (χ2n) is 6.57. The molecule has 2 unspecified atom stereocenters. The van der Waals surface area contributed by atoms with Gasteiger partial charge in [-0.2, -0.15) is 10.5 Å². The fourth-order valence-electron chi connectivity index (χ4n) is 3.29. The van der Waals surface area contributed by atoms with Gasteiger partial charge in [-0.3, -0.25) is 0 Å². The molecule has 130 valence electrons. The lowest BCUT2D eigenvalue weighted by Crippen LogP contribution is -2.38. The first-order valence-corrected chi connectivity index (χ1v) is 8.59. The summed E-state index contributed by atoms with van der Waals surface area (Å²) in [6.07, 6.45) is 2.80. The number of hydrogen-bond donors (Lipinski definition) is 2. The third-order valence-electron chi connectivity index (χ3n) is 4.25. The van der Waals surface area contributed by atoms with Crippen molar-refractivity contribution in [3.8, 4) is 6.07 Å². The first kappa shape index (κ1) is 17.2. The third kappa shape index (κ3) is 4.09. The van der Waals surface area contributed by atoms with Gasteiger partial charge < -0.3 is 10.2 Å². The summed E-state index contributed by atoms with van der Waals surface area (Å²) < 4.78 is 0. The van der Waals surface area contributed by atoms with E-state index in [1.165, 1.54) is 6.42 Å². The summed E-state index contributed by atoms with van der Waals surface area (Å²) in [7, 11) is 0. The number of halogens is 1. The molecule has 1 saturated heterocycles. The van der Waals surface area contributed by atoms with Gasteiger partial charge in [-0.05, 0) is 41.7 Å². The van der Waals surface area contributed by atoms with E-state index in [0.29, 0.717) is 16.9 Å². The van der Waals surface area contributed by atoms with Gasteiger partial charge in [0.05, 0.1) is 10.7 Å². The van der Waals surface area contributed by atoms with E-state index in [1.807, 2.05) is 24.3 Å². The molecule has 0 radical (unpaired) electrons. The number of hydrogen-bond acceptors (Lipinski definition) is 6. The molecule has 0 amide bonds. The summed E-state index contributed by atoms with van der Waals surface area (Å²) in [4.78, 5) is 2.35. The predicted octanol–water partition coefficient (Wildman–Crippen LogP) is 3.31. The minimum atomic E-state index is 0.244. The van der Waals surface area contributed by atoms with Gasteiger partial charge in [-0.25, -0.2) is 0 Å². The van der Waals surface area contributed by atoms with Crippen molar-refractivity contribution < 1.29 is 0 Å². The highest BCUT2D eigenvalue weighted by Gasteiger charge is 2.23. The Morgan fingerprint density at radius 1 is 1.40 bits per heavy atom. The Bertz CT molecular complexity index is 784. The fraction of sp³-hybridized carbons (Fsp3) is 0.412. The van der Waals surface area contributed by atoms with Gasteiger partial charge >= 0.3 is 0 Å². The van der Waals surface area contributed by atoms with E-state index in [0.717, 1.165) is 24.5 Å². The Balaban J connectivity index is 1.75. The molecule has 1 aliphatic heterocycles. The van der Waals surface area contributed by atoms with Crippen molar-refractivity contribution in [3.63, 3.8) is 0 Å². The lowest BCUT2D eigenvalue weighted by molar-refractivity contribution is 0.357. The Hall–Kier alpha value is -2.59. The summed E-state index contributed by atoms with van der Waals surface area (Å²) in [5.41, 5.74) is 2.13. The molecule has 1 aromatic carbocycles. The monoisotopic (exact) mass is 357 g/mol.